The average molecular weight is 428 g/mol. The van der Waals surface area contributed by atoms with Crippen LogP contribution in [-0.2, 0) is 21.7 Å². The highest BCUT2D eigenvalue weighted by atomic mass is 35.5. The summed E-state index contributed by atoms with van der Waals surface area (Å²) in [6.07, 6.45) is -1.12. The molecule has 4 rings (SSSR count). The minimum atomic E-state index is -1.65. The van der Waals surface area contributed by atoms with E-state index in [1.807, 2.05) is 42.5 Å². The summed E-state index contributed by atoms with van der Waals surface area (Å²) >= 11 is 12.3. The highest BCUT2D eigenvalue weighted by Crippen LogP contribution is 2.45. The second kappa shape index (κ2) is 7.81. The summed E-state index contributed by atoms with van der Waals surface area (Å²) in [5.74, 6) is -0.344. The van der Waals surface area contributed by atoms with Gasteiger partial charge in [-0.25, -0.2) is 0 Å². The van der Waals surface area contributed by atoms with Crippen molar-refractivity contribution in [2.24, 2.45) is 0 Å². The number of fused-ring (bicyclic) bond motifs is 1. The van der Waals surface area contributed by atoms with Gasteiger partial charge in [0.05, 0.1) is 12.2 Å². The third kappa shape index (κ3) is 3.32. The highest BCUT2D eigenvalue weighted by Gasteiger charge is 2.52. The topological polar surface area (TPSA) is 49.8 Å². The molecule has 1 heterocycles. The average Bonchev–Trinajstić information content (AvgIpc) is 2.73. The first-order valence-corrected chi connectivity index (χ1v) is 9.88. The largest absolute Gasteiger partial charge is 0.377 e. The summed E-state index contributed by atoms with van der Waals surface area (Å²) in [7, 11) is 1.42. The molecule has 2 unspecified atom stereocenters. The zero-order chi connectivity index (χ0) is 20.6. The SMILES string of the molecule is COC1C(=O)N(Cc2ccccc2Cl)c2ccccc2C1(O)c1ccc(Cl)cc1. The van der Waals surface area contributed by atoms with Crippen LogP contribution in [0.2, 0.25) is 10.0 Å². The van der Waals surface area contributed by atoms with E-state index in [0.29, 0.717) is 26.9 Å². The second-order valence-electron chi connectivity index (χ2n) is 6.92. The molecule has 0 bridgehead atoms. The Labute approximate surface area is 179 Å². The van der Waals surface area contributed by atoms with E-state index in [1.54, 1.807) is 35.2 Å². The van der Waals surface area contributed by atoms with Crippen LogP contribution in [0.3, 0.4) is 0 Å². The summed E-state index contributed by atoms with van der Waals surface area (Å²) < 4.78 is 5.55. The molecule has 0 spiro atoms. The number of aliphatic hydroxyl groups is 1. The van der Waals surface area contributed by atoms with Crippen molar-refractivity contribution in [2.75, 3.05) is 12.0 Å². The predicted octanol–water partition coefficient (Wildman–Crippen LogP) is 4.79. The first-order valence-electron chi connectivity index (χ1n) is 9.12. The molecule has 1 aliphatic heterocycles. The van der Waals surface area contributed by atoms with Gasteiger partial charge < -0.3 is 14.7 Å². The number of carbonyl (C=O) groups is 1. The summed E-state index contributed by atoms with van der Waals surface area (Å²) in [6.45, 7) is 0.270. The van der Waals surface area contributed by atoms with E-state index in [9.17, 15) is 9.90 Å². The highest BCUT2D eigenvalue weighted by molar-refractivity contribution is 6.31. The molecule has 6 heteroatoms. The van der Waals surface area contributed by atoms with Gasteiger partial charge in [0.15, 0.2) is 11.7 Å². The van der Waals surface area contributed by atoms with Crippen molar-refractivity contribution in [3.8, 4) is 0 Å². The van der Waals surface area contributed by atoms with Crippen LogP contribution in [-0.4, -0.2) is 24.2 Å². The van der Waals surface area contributed by atoms with E-state index in [2.05, 4.69) is 0 Å². The number of anilines is 1. The van der Waals surface area contributed by atoms with Crippen LogP contribution >= 0.6 is 23.2 Å². The van der Waals surface area contributed by atoms with Crippen LogP contribution in [0.5, 0.6) is 0 Å². The molecule has 3 aromatic rings. The Kier molecular flexibility index (Phi) is 5.36. The fourth-order valence-corrected chi connectivity index (χ4v) is 4.18. The molecular formula is C23H19Cl2NO3. The number of hydrogen-bond acceptors (Lipinski definition) is 3. The van der Waals surface area contributed by atoms with Crippen LogP contribution in [0, 0.1) is 0 Å². The molecule has 0 aliphatic carbocycles. The molecule has 1 amide bonds. The quantitative estimate of drug-likeness (QED) is 0.650. The molecule has 0 saturated carbocycles. The smallest absolute Gasteiger partial charge is 0.260 e. The lowest BCUT2D eigenvalue weighted by molar-refractivity contribution is -0.145. The van der Waals surface area contributed by atoms with Gasteiger partial charge in [-0.05, 0) is 35.4 Å². The summed E-state index contributed by atoms with van der Waals surface area (Å²) in [4.78, 5) is 15.1. The van der Waals surface area contributed by atoms with Crippen molar-refractivity contribution in [2.45, 2.75) is 18.2 Å². The number of halogens is 2. The fraction of sp³-hybridized carbons (Fsp3) is 0.174. The van der Waals surface area contributed by atoms with E-state index in [1.165, 1.54) is 7.11 Å². The van der Waals surface area contributed by atoms with Crippen molar-refractivity contribution in [3.05, 3.63) is 99.5 Å². The van der Waals surface area contributed by atoms with Crippen molar-refractivity contribution in [1.82, 2.24) is 0 Å². The van der Waals surface area contributed by atoms with Crippen molar-refractivity contribution in [1.29, 1.82) is 0 Å². The molecule has 0 fully saturated rings. The molecule has 1 aliphatic rings. The van der Waals surface area contributed by atoms with Gasteiger partial charge in [0.2, 0.25) is 0 Å². The van der Waals surface area contributed by atoms with E-state index >= 15 is 0 Å². The maximum atomic E-state index is 13.5. The number of carbonyl (C=O) groups excluding carboxylic acids is 1. The summed E-state index contributed by atoms with van der Waals surface area (Å²) in [5, 5.41) is 12.9. The van der Waals surface area contributed by atoms with E-state index in [0.717, 1.165) is 5.56 Å². The number of benzene rings is 3. The lowest BCUT2D eigenvalue weighted by Gasteiger charge is -2.44. The van der Waals surface area contributed by atoms with Crippen LogP contribution in [0.4, 0.5) is 5.69 Å². The number of rotatable bonds is 4. The molecule has 4 nitrogen and oxygen atoms in total. The molecule has 0 saturated heterocycles. The van der Waals surface area contributed by atoms with Gasteiger partial charge in [0, 0.05) is 22.7 Å². The third-order valence-corrected chi connectivity index (χ3v) is 5.90. The molecule has 1 N–H and O–H groups in total. The number of hydrogen-bond donors (Lipinski definition) is 1. The Morgan fingerprint density at radius 2 is 1.66 bits per heavy atom. The molecule has 0 aromatic heterocycles. The van der Waals surface area contributed by atoms with Gasteiger partial charge in [0.1, 0.15) is 0 Å². The number of para-hydroxylation sites is 1. The zero-order valence-corrected chi connectivity index (χ0v) is 17.2. The lowest BCUT2D eigenvalue weighted by Crippen LogP contribution is -2.57. The number of methoxy groups -OCH3 is 1. The Hall–Kier alpha value is -2.37. The van der Waals surface area contributed by atoms with Gasteiger partial charge >= 0.3 is 0 Å². The van der Waals surface area contributed by atoms with Crippen LogP contribution in [0.1, 0.15) is 16.7 Å². The fourth-order valence-electron chi connectivity index (χ4n) is 3.85. The van der Waals surface area contributed by atoms with Gasteiger partial charge in [-0.15, -0.1) is 0 Å². The summed E-state index contributed by atoms with van der Waals surface area (Å²) in [5.41, 5.74) is 0.893. The molecule has 2 atom stereocenters. The van der Waals surface area contributed by atoms with Gasteiger partial charge in [-0.2, -0.15) is 0 Å². The number of nitrogens with zero attached hydrogens (tertiary/aromatic N) is 1. The van der Waals surface area contributed by atoms with E-state index in [-0.39, 0.29) is 12.5 Å². The maximum Gasteiger partial charge on any atom is 0.260 e. The third-order valence-electron chi connectivity index (χ3n) is 5.28. The Morgan fingerprint density at radius 1 is 1.00 bits per heavy atom. The molecule has 3 aromatic carbocycles. The molecular weight excluding hydrogens is 409 g/mol. The Morgan fingerprint density at radius 3 is 2.34 bits per heavy atom. The molecule has 0 radical (unpaired) electrons. The van der Waals surface area contributed by atoms with Crippen LogP contribution in [0.15, 0.2) is 72.8 Å². The molecule has 29 heavy (non-hydrogen) atoms. The van der Waals surface area contributed by atoms with Crippen molar-refractivity contribution >= 4 is 34.8 Å². The van der Waals surface area contributed by atoms with Crippen molar-refractivity contribution in [3.63, 3.8) is 0 Å². The minimum absolute atomic E-state index is 0.270. The van der Waals surface area contributed by atoms with Crippen LogP contribution in [0.25, 0.3) is 0 Å². The summed E-state index contributed by atoms with van der Waals surface area (Å²) in [6, 6.07) is 21.5. The Balaban J connectivity index is 1.88. The maximum absolute atomic E-state index is 13.5. The first-order chi connectivity index (χ1) is 14.0. The minimum Gasteiger partial charge on any atom is -0.377 e. The number of ether oxygens (including phenoxy) is 1. The van der Waals surface area contributed by atoms with E-state index < -0.39 is 11.7 Å². The molecule has 148 valence electrons. The van der Waals surface area contributed by atoms with Gasteiger partial charge in [-0.3, -0.25) is 4.79 Å². The first kappa shape index (κ1) is 19.9. The predicted molar refractivity (Wildman–Crippen MR) is 114 cm³/mol. The van der Waals surface area contributed by atoms with Gasteiger partial charge in [-0.1, -0.05) is 71.7 Å². The second-order valence-corrected chi connectivity index (χ2v) is 7.77. The van der Waals surface area contributed by atoms with Crippen LogP contribution < -0.4 is 4.90 Å². The Bertz CT molecular complexity index is 1050. The lowest BCUT2D eigenvalue weighted by atomic mass is 9.77. The zero-order valence-electron chi connectivity index (χ0n) is 15.7. The normalized spacial score (nSPS) is 21.2. The number of amides is 1. The van der Waals surface area contributed by atoms with Gasteiger partial charge in [0.25, 0.3) is 5.91 Å². The van der Waals surface area contributed by atoms with E-state index in [4.69, 9.17) is 27.9 Å². The standard InChI is InChI=1S/C23H19Cl2NO3/c1-29-21-22(27)26(14-15-6-2-4-8-19(15)25)20-9-5-3-7-18(20)23(21,28)16-10-12-17(24)13-11-16/h2-13,21,28H,14H2,1H3. The monoisotopic (exact) mass is 427 g/mol. The van der Waals surface area contributed by atoms with Crippen molar-refractivity contribution < 1.29 is 14.6 Å².